The molecule has 0 aliphatic carbocycles. The Morgan fingerprint density at radius 3 is 2.50 bits per heavy atom. The van der Waals surface area contributed by atoms with E-state index in [2.05, 4.69) is 16.6 Å². The van der Waals surface area contributed by atoms with Crippen molar-refractivity contribution < 1.29 is 22.5 Å². The number of nitrogens with one attached hydrogen (secondary N) is 2. The minimum atomic E-state index is -3.53. The van der Waals surface area contributed by atoms with E-state index in [4.69, 9.17) is 5.73 Å². The Morgan fingerprint density at radius 1 is 1.29 bits per heavy atom. The average molecular weight is 408 g/mol. The summed E-state index contributed by atoms with van der Waals surface area (Å²) < 4.78 is 39.5. The summed E-state index contributed by atoms with van der Waals surface area (Å²) in [6.07, 6.45) is 1.42. The molecule has 0 aliphatic rings. The van der Waals surface area contributed by atoms with Crippen LogP contribution in [0.5, 0.6) is 0 Å². The van der Waals surface area contributed by atoms with Gasteiger partial charge < -0.3 is 11.1 Å². The molecule has 0 bridgehead atoms. The van der Waals surface area contributed by atoms with Gasteiger partial charge in [-0.05, 0) is 23.8 Å². The molecule has 148 valence electrons. The number of hydrogen-bond donors (Lipinski definition) is 3. The summed E-state index contributed by atoms with van der Waals surface area (Å²) in [5.74, 6) is -2.08. The summed E-state index contributed by atoms with van der Waals surface area (Å²) in [7, 11) is -3.53. The lowest BCUT2D eigenvalue weighted by Gasteiger charge is -2.09. The number of carbonyl (C=O) groups is 1. The topological polar surface area (TPSA) is 144 Å². The maximum Gasteiger partial charge on any atom is 0.295 e. The molecule has 0 saturated carbocycles. The molecular weight excluding hydrogens is 391 g/mol. The fourth-order valence-electron chi connectivity index (χ4n) is 2.28. The zero-order valence-electron chi connectivity index (χ0n) is 14.5. The molecule has 9 nitrogen and oxygen atoms in total. The third kappa shape index (κ3) is 5.34. The van der Waals surface area contributed by atoms with Gasteiger partial charge in [0.25, 0.3) is 11.6 Å². The predicted molar refractivity (Wildman–Crippen MR) is 103 cm³/mol. The highest BCUT2D eigenvalue weighted by atomic mass is 32.2. The van der Waals surface area contributed by atoms with Crippen LogP contribution >= 0.6 is 0 Å². The lowest BCUT2D eigenvalue weighted by atomic mass is 10.1. The number of hydrogen-bond acceptors (Lipinski definition) is 6. The van der Waals surface area contributed by atoms with Gasteiger partial charge in [0.2, 0.25) is 10.0 Å². The Bertz CT molecular complexity index is 1020. The maximum absolute atomic E-state index is 13.6. The second-order valence-electron chi connectivity index (χ2n) is 5.69. The van der Waals surface area contributed by atoms with E-state index in [1.54, 1.807) is 0 Å². The van der Waals surface area contributed by atoms with Crippen LogP contribution in [0.25, 0.3) is 0 Å². The summed E-state index contributed by atoms with van der Waals surface area (Å²) in [6, 6.07) is 7.28. The Balaban J connectivity index is 2.16. The second kappa shape index (κ2) is 8.59. The van der Waals surface area contributed by atoms with Crippen molar-refractivity contribution in [3.8, 4) is 0 Å². The molecule has 2 aromatic rings. The van der Waals surface area contributed by atoms with E-state index in [0.29, 0.717) is 11.6 Å². The van der Waals surface area contributed by atoms with Gasteiger partial charge in [-0.2, -0.15) is 0 Å². The highest BCUT2D eigenvalue weighted by molar-refractivity contribution is 7.88. The van der Waals surface area contributed by atoms with Crippen molar-refractivity contribution in [2.75, 3.05) is 17.6 Å². The highest BCUT2D eigenvalue weighted by Crippen LogP contribution is 2.27. The van der Waals surface area contributed by atoms with Crippen LogP contribution in [0.2, 0.25) is 0 Å². The molecular formula is C17H17FN4O5S. The van der Waals surface area contributed by atoms with Gasteiger partial charge in [0.15, 0.2) is 0 Å². The normalized spacial score (nSPS) is 11.0. The SMILES string of the molecule is C=CCNS(=O)(=O)Cc1ccc(NC(=O)c2cc(F)cc([N+](=O)[O-])c2N)cc1. The van der Waals surface area contributed by atoms with Gasteiger partial charge in [-0.25, -0.2) is 17.5 Å². The standard InChI is InChI=1S/C17H17FN4O5S/c1-2-7-20-28(26,27)10-11-3-5-13(6-4-11)21-17(23)14-8-12(18)9-15(16(14)19)22(24)25/h2-6,8-9,20H,1,7,10,19H2,(H,21,23). The average Bonchev–Trinajstić information content (AvgIpc) is 2.62. The van der Waals surface area contributed by atoms with Crippen molar-refractivity contribution >= 4 is 33.0 Å². The number of rotatable bonds is 8. The van der Waals surface area contributed by atoms with Crippen LogP contribution in [0.1, 0.15) is 15.9 Å². The zero-order valence-corrected chi connectivity index (χ0v) is 15.3. The molecule has 0 aromatic heterocycles. The summed E-state index contributed by atoms with van der Waals surface area (Å²) >= 11 is 0. The van der Waals surface area contributed by atoms with E-state index in [0.717, 1.165) is 6.07 Å². The molecule has 0 aliphatic heterocycles. The number of benzene rings is 2. The number of halogens is 1. The van der Waals surface area contributed by atoms with Gasteiger partial charge in [0.1, 0.15) is 11.5 Å². The number of nitro groups is 1. The number of nitro benzene ring substituents is 1. The lowest BCUT2D eigenvalue weighted by molar-refractivity contribution is -0.384. The number of anilines is 2. The molecule has 4 N–H and O–H groups in total. The number of carbonyl (C=O) groups excluding carboxylic acids is 1. The van der Waals surface area contributed by atoms with Crippen molar-refractivity contribution in [3.63, 3.8) is 0 Å². The van der Waals surface area contributed by atoms with Crippen LogP contribution in [0.3, 0.4) is 0 Å². The largest absolute Gasteiger partial charge is 0.393 e. The van der Waals surface area contributed by atoms with Gasteiger partial charge in [-0.1, -0.05) is 18.2 Å². The summed E-state index contributed by atoms with van der Waals surface area (Å²) in [4.78, 5) is 22.3. The first-order chi connectivity index (χ1) is 13.1. The molecule has 2 rings (SSSR count). The molecule has 0 spiro atoms. The molecule has 28 heavy (non-hydrogen) atoms. The van der Waals surface area contributed by atoms with E-state index in [9.17, 15) is 27.7 Å². The van der Waals surface area contributed by atoms with E-state index in [-0.39, 0.29) is 23.5 Å². The van der Waals surface area contributed by atoms with E-state index < -0.39 is 38.0 Å². The molecule has 0 heterocycles. The number of nitrogens with zero attached hydrogens (tertiary/aromatic N) is 1. The monoisotopic (exact) mass is 408 g/mol. The third-order valence-corrected chi connectivity index (χ3v) is 4.90. The van der Waals surface area contributed by atoms with Gasteiger partial charge in [-0.15, -0.1) is 6.58 Å². The number of nitrogen functional groups attached to an aromatic ring is 1. The van der Waals surface area contributed by atoms with E-state index in [1.165, 1.54) is 30.3 Å². The lowest BCUT2D eigenvalue weighted by Crippen LogP contribution is -2.25. The first-order valence-corrected chi connectivity index (χ1v) is 9.50. The van der Waals surface area contributed by atoms with Crippen LogP contribution in [-0.4, -0.2) is 25.8 Å². The maximum atomic E-state index is 13.6. The second-order valence-corrected chi connectivity index (χ2v) is 7.50. The summed E-state index contributed by atoms with van der Waals surface area (Å²) in [5.41, 5.74) is 4.78. The van der Waals surface area contributed by atoms with Crippen LogP contribution in [0.4, 0.5) is 21.5 Å². The molecule has 0 atom stereocenters. The molecule has 11 heteroatoms. The number of nitrogens with two attached hydrogens (primary N) is 1. The minimum Gasteiger partial charge on any atom is -0.393 e. The van der Waals surface area contributed by atoms with Crippen molar-refractivity contribution in [2.24, 2.45) is 0 Å². The van der Waals surface area contributed by atoms with Crippen molar-refractivity contribution in [2.45, 2.75) is 5.75 Å². The Hall–Kier alpha value is -3.31. The smallest absolute Gasteiger partial charge is 0.295 e. The van der Waals surface area contributed by atoms with Gasteiger partial charge in [0.05, 0.1) is 22.3 Å². The Kier molecular flexibility index (Phi) is 6.44. The van der Waals surface area contributed by atoms with E-state index >= 15 is 0 Å². The van der Waals surface area contributed by atoms with Crippen LogP contribution < -0.4 is 15.8 Å². The first-order valence-electron chi connectivity index (χ1n) is 7.85. The highest BCUT2D eigenvalue weighted by Gasteiger charge is 2.22. The van der Waals surface area contributed by atoms with Crippen molar-refractivity contribution in [1.82, 2.24) is 4.72 Å². The quantitative estimate of drug-likeness (QED) is 0.264. The molecule has 0 saturated heterocycles. The molecule has 1 amide bonds. The van der Waals surface area contributed by atoms with Gasteiger partial charge >= 0.3 is 0 Å². The van der Waals surface area contributed by atoms with E-state index in [1.807, 2.05) is 0 Å². The molecule has 2 aromatic carbocycles. The van der Waals surface area contributed by atoms with Gasteiger partial charge in [-0.3, -0.25) is 14.9 Å². The summed E-state index contributed by atoms with van der Waals surface area (Å²) in [5, 5.41) is 13.3. The molecule has 0 fully saturated rings. The number of amides is 1. The van der Waals surface area contributed by atoms with Crippen molar-refractivity contribution in [1.29, 1.82) is 0 Å². The Labute approximate surface area is 160 Å². The van der Waals surface area contributed by atoms with Gasteiger partial charge in [0, 0.05) is 12.2 Å². The predicted octanol–water partition coefficient (Wildman–Crippen LogP) is 2.17. The fraction of sp³-hybridized carbons (Fsp3) is 0.118. The number of sulfonamides is 1. The minimum absolute atomic E-state index is 0.109. The van der Waals surface area contributed by atoms with Crippen LogP contribution in [-0.2, 0) is 15.8 Å². The molecule has 0 radical (unpaired) electrons. The summed E-state index contributed by atoms with van der Waals surface area (Å²) in [6.45, 7) is 3.53. The fourth-order valence-corrected chi connectivity index (χ4v) is 3.39. The van der Waals surface area contributed by atoms with Crippen LogP contribution in [0, 0.1) is 15.9 Å². The van der Waals surface area contributed by atoms with Crippen LogP contribution in [0.15, 0.2) is 49.1 Å². The Morgan fingerprint density at radius 2 is 1.93 bits per heavy atom. The first kappa shape index (κ1) is 21.0. The third-order valence-electron chi connectivity index (χ3n) is 3.58. The zero-order chi connectivity index (χ0) is 20.9. The van der Waals surface area contributed by atoms with Crippen molar-refractivity contribution in [3.05, 3.63) is 76.1 Å². The molecule has 0 unspecified atom stereocenters.